The van der Waals surface area contributed by atoms with E-state index in [0.717, 1.165) is 6.54 Å². The number of rotatable bonds is 1. The van der Waals surface area contributed by atoms with Gasteiger partial charge in [0.25, 0.3) is 0 Å². The fraction of sp³-hybridized carbons (Fsp3) is 0.909. The van der Waals surface area contributed by atoms with Crippen LogP contribution in [-0.4, -0.2) is 61.9 Å². The van der Waals surface area contributed by atoms with Gasteiger partial charge in [0, 0.05) is 19.6 Å². The maximum absolute atomic E-state index is 12.2. The van der Waals surface area contributed by atoms with E-state index in [0.29, 0.717) is 26.3 Å². The van der Waals surface area contributed by atoms with Gasteiger partial charge in [0.1, 0.15) is 6.04 Å². The summed E-state index contributed by atoms with van der Waals surface area (Å²) in [6, 6.07) is -0.175. The van der Waals surface area contributed by atoms with Gasteiger partial charge < -0.3 is 19.7 Å². The maximum atomic E-state index is 12.2. The highest BCUT2D eigenvalue weighted by Crippen LogP contribution is 2.12. The number of nitrogens with one attached hydrogen (secondary N) is 1. The van der Waals surface area contributed by atoms with Crippen LogP contribution in [-0.2, 0) is 14.3 Å². The zero-order chi connectivity index (χ0) is 11.5. The van der Waals surface area contributed by atoms with Gasteiger partial charge in [0.05, 0.1) is 25.4 Å². The van der Waals surface area contributed by atoms with E-state index >= 15 is 0 Å². The summed E-state index contributed by atoms with van der Waals surface area (Å²) in [7, 11) is 0. The highest BCUT2D eigenvalue weighted by atomic mass is 35.5. The van der Waals surface area contributed by atoms with Gasteiger partial charge in [-0.1, -0.05) is 0 Å². The lowest BCUT2D eigenvalue weighted by Crippen LogP contribution is -2.57. The lowest BCUT2D eigenvalue weighted by molar-refractivity contribution is -0.148. The van der Waals surface area contributed by atoms with Gasteiger partial charge in [-0.05, 0) is 13.8 Å². The molecule has 2 saturated heterocycles. The molecule has 100 valence electrons. The van der Waals surface area contributed by atoms with Crippen LogP contribution in [0.25, 0.3) is 0 Å². The quantitative estimate of drug-likeness (QED) is 0.726. The number of hydrogen-bond donors (Lipinski definition) is 1. The first-order valence-corrected chi connectivity index (χ1v) is 5.92. The Balaban J connectivity index is 0.00000144. The van der Waals surface area contributed by atoms with Crippen molar-refractivity contribution in [1.29, 1.82) is 0 Å². The average Bonchev–Trinajstić information content (AvgIpc) is 2.28. The van der Waals surface area contributed by atoms with Crippen molar-refractivity contribution in [3.63, 3.8) is 0 Å². The van der Waals surface area contributed by atoms with E-state index < -0.39 is 0 Å². The fourth-order valence-electron chi connectivity index (χ4n) is 2.30. The van der Waals surface area contributed by atoms with Gasteiger partial charge in [0.15, 0.2) is 0 Å². The van der Waals surface area contributed by atoms with Crippen molar-refractivity contribution >= 4 is 18.3 Å². The van der Waals surface area contributed by atoms with E-state index in [1.807, 2.05) is 18.7 Å². The molecule has 1 amide bonds. The summed E-state index contributed by atoms with van der Waals surface area (Å²) in [5, 5.41) is 3.19. The van der Waals surface area contributed by atoms with Crippen molar-refractivity contribution in [3.8, 4) is 0 Å². The van der Waals surface area contributed by atoms with Gasteiger partial charge in [-0.15, -0.1) is 12.4 Å². The summed E-state index contributed by atoms with van der Waals surface area (Å²) in [6.45, 7) is 7.30. The number of amides is 1. The largest absolute Gasteiger partial charge is 0.378 e. The summed E-state index contributed by atoms with van der Waals surface area (Å²) < 4.78 is 10.9. The molecule has 2 fully saturated rings. The molecule has 0 saturated carbocycles. The molecule has 0 bridgehead atoms. The van der Waals surface area contributed by atoms with Crippen LogP contribution in [0.4, 0.5) is 0 Å². The van der Waals surface area contributed by atoms with Crippen LogP contribution in [0.1, 0.15) is 13.8 Å². The summed E-state index contributed by atoms with van der Waals surface area (Å²) in [5.41, 5.74) is 0. The summed E-state index contributed by atoms with van der Waals surface area (Å²) in [5.74, 6) is 0.140. The molecule has 0 aliphatic carbocycles. The molecular formula is C11H21ClN2O3. The van der Waals surface area contributed by atoms with Gasteiger partial charge in [-0.2, -0.15) is 0 Å². The second-order valence-corrected chi connectivity index (χ2v) is 4.58. The number of nitrogens with zero attached hydrogens (tertiary/aromatic N) is 1. The van der Waals surface area contributed by atoms with Crippen molar-refractivity contribution in [2.24, 2.45) is 0 Å². The SMILES string of the molecule is C[C@@H]1CN(C(=O)C2COCCN2)C[C@H](C)O1.Cl. The minimum Gasteiger partial charge on any atom is -0.378 e. The first kappa shape index (κ1) is 14.7. The van der Waals surface area contributed by atoms with Crippen LogP contribution >= 0.6 is 12.4 Å². The van der Waals surface area contributed by atoms with E-state index in [9.17, 15) is 4.79 Å². The van der Waals surface area contributed by atoms with Crippen LogP contribution < -0.4 is 5.32 Å². The normalized spacial score (nSPS) is 34.0. The highest BCUT2D eigenvalue weighted by molar-refractivity contribution is 5.85. The number of carbonyl (C=O) groups is 1. The molecule has 0 spiro atoms. The van der Waals surface area contributed by atoms with E-state index in [1.165, 1.54) is 0 Å². The first-order chi connectivity index (χ1) is 7.66. The Morgan fingerprint density at radius 2 is 1.94 bits per heavy atom. The Morgan fingerprint density at radius 1 is 1.29 bits per heavy atom. The third-order valence-corrected chi connectivity index (χ3v) is 2.95. The predicted molar refractivity (Wildman–Crippen MR) is 66.4 cm³/mol. The number of morpholine rings is 2. The molecule has 3 atom stereocenters. The monoisotopic (exact) mass is 264 g/mol. The molecule has 1 N–H and O–H groups in total. The van der Waals surface area contributed by atoms with Crippen LogP contribution in [0, 0.1) is 0 Å². The molecule has 0 aromatic carbocycles. The Labute approximate surface area is 108 Å². The van der Waals surface area contributed by atoms with Crippen LogP contribution in [0.2, 0.25) is 0 Å². The number of ether oxygens (including phenoxy) is 2. The molecule has 0 aromatic rings. The molecule has 2 rings (SSSR count). The Kier molecular flexibility index (Phi) is 5.66. The highest BCUT2D eigenvalue weighted by Gasteiger charge is 2.31. The van der Waals surface area contributed by atoms with E-state index in [-0.39, 0.29) is 36.6 Å². The molecule has 2 aliphatic heterocycles. The maximum Gasteiger partial charge on any atom is 0.242 e. The molecule has 0 aromatic heterocycles. The molecule has 17 heavy (non-hydrogen) atoms. The Morgan fingerprint density at radius 3 is 2.47 bits per heavy atom. The zero-order valence-corrected chi connectivity index (χ0v) is 11.2. The predicted octanol–water partition coefficient (Wildman–Crippen LogP) is 0.0324. The zero-order valence-electron chi connectivity index (χ0n) is 10.3. The van der Waals surface area contributed by atoms with Crippen molar-refractivity contribution < 1.29 is 14.3 Å². The first-order valence-electron chi connectivity index (χ1n) is 5.92. The standard InChI is InChI=1S/C11H20N2O3.ClH/c1-8-5-13(6-9(2)16-8)11(14)10-7-15-4-3-12-10;/h8-10,12H,3-7H2,1-2H3;1H/t8-,9+,10?;. The van der Waals surface area contributed by atoms with Gasteiger partial charge in [0.2, 0.25) is 5.91 Å². The van der Waals surface area contributed by atoms with Crippen LogP contribution in [0.15, 0.2) is 0 Å². The van der Waals surface area contributed by atoms with Crippen molar-refractivity contribution in [3.05, 3.63) is 0 Å². The average molecular weight is 265 g/mol. The number of carbonyl (C=O) groups excluding carboxylic acids is 1. The van der Waals surface area contributed by atoms with Crippen molar-refractivity contribution in [1.82, 2.24) is 10.2 Å². The van der Waals surface area contributed by atoms with Crippen molar-refractivity contribution in [2.45, 2.75) is 32.1 Å². The smallest absolute Gasteiger partial charge is 0.242 e. The van der Waals surface area contributed by atoms with Crippen LogP contribution in [0.3, 0.4) is 0 Å². The summed E-state index contributed by atoms with van der Waals surface area (Å²) in [6.07, 6.45) is 0.245. The third-order valence-electron chi connectivity index (χ3n) is 2.95. The second-order valence-electron chi connectivity index (χ2n) is 4.58. The van der Waals surface area contributed by atoms with E-state index in [4.69, 9.17) is 9.47 Å². The Bertz CT molecular complexity index is 249. The minimum atomic E-state index is -0.175. The molecule has 2 heterocycles. The van der Waals surface area contributed by atoms with Gasteiger partial charge in [-0.25, -0.2) is 0 Å². The summed E-state index contributed by atoms with van der Waals surface area (Å²) in [4.78, 5) is 14.1. The van der Waals surface area contributed by atoms with Gasteiger partial charge >= 0.3 is 0 Å². The molecule has 1 unspecified atom stereocenters. The molecular weight excluding hydrogens is 244 g/mol. The van der Waals surface area contributed by atoms with Gasteiger partial charge in [-0.3, -0.25) is 4.79 Å². The van der Waals surface area contributed by atoms with Crippen molar-refractivity contribution in [2.75, 3.05) is 32.8 Å². The molecule has 5 nitrogen and oxygen atoms in total. The lowest BCUT2D eigenvalue weighted by atomic mass is 10.2. The molecule has 2 aliphatic rings. The summed E-state index contributed by atoms with van der Waals surface area (Å²) >= 11 is 0. The minimum absolute atomic E-state index is 0. The van der Waals surface area contributed by atoms with E-state index in [1.54, 1.807) is 0 Å². The number of hydrogen-bond acceptors (Lipinski definition) is 4. The Hall–Kier alpha value is -0.360. The fourth-order valence-corrected chi connectivity index (χ4v) is 2.30. The van der Waals surface area contributed by atoms with Crippen LogP contribution in [0.5, 0.6) is 0 Å². The molecule has 6 heteroatoms. The third kappa shape index (κ3) is 3.81. The lowest BCUT2D eigenvalue weighted by Gasteiger charge is -2.37. The topological polar surface area (TPSA) is 50.8 Å². The number of halogens is 1. The second kappa shape index (κ2) is 6.54. The molecule has 0 radical (unpaired) electrons. The van der Waals surface area contributed by atoms with E-state index in [2.05, 4.69) is 5.32 Å².